The molecule has 1 aromatic carbocycles. The Kier molecular flexibility index (Phi) is 3.66. The molecule has 1 fully saturated rings. The van der Waals surface area contributed by atoms with E-state index >= 15 is 0 Å². The average Bonchev–Trinajstić information content (AvgIpc) is 2.90. The third kappa shape index (κ3) is 2.24. The second kappa shape index (κ2) is 5.22. The molecule has 0 radical (unpaired) electrons. The Balaban J connectivity index is 2.39. The standard InChI is InChI=1S/C12H17N3O3/c1-14(9-6-7-13-8-9)10-4-3-5-11(18-2)12(10)15(16)17/h3-5,9,13H,6-8H2,1-2H3. The fourth-order valence-corrected chi connectivity index (χ4v) is 2.31. The number of nitrogens with one attached hydrogen (secondary N) is 1. The molecule has 0 saturated carbocycles. The Bertz CT molecular complexity index is 444. The van der Waals surface area contributed by atoms with Gasteiger partial charge in [0, 0.05) is 19.6 Å². The van der Waals surface area contributed by atoms with Crippen LogP contribution in [0.3, 0.4) is 0 Å². The maximum atomic E-state index is 11.2. The van der Waals surface area contributed by atoms with Crippen LogP contribution in [-0.4, -0.2) is 38.2 Å². The predicted octanol–water partition coefficient (Wildman–Crippen LogP) is 1.40. The van der Waals surface area contributed by atoms with Gasteiger partial charge in [0.15, 0.2) is 5.75 Å². The maximum Gasteiger partial charge on any atom is 0.333 e. The number of methoxy groups -OCH3 is 1. The SMILES string of the molecule is COc1cccc(N(C)C2CCNC2)c1[N+](=O)[O-]. The summed E-state index contributed by atoms with van der Waals surface area (Å²) in [4.78, 5) is 12.8. The van der Waals surface area contributed by atoms with E-state index in [0.717, 1.165) is 19.5 Å². The molecule has 6 nitrogen and oxygen atoms in total. The van der Waals surface area contributed by atoms with Crippen LogP contribution in [0.15, 0.2) is 18.2 Å². The quantitative estimate of drug-likeness (QED) is 0.647. The van der Waals surface area contributed by atoms with E-state index in [1.165, 1.54) is 7.11 Å². The number of nitrogens with zero attached hydrogens (tertiary/aromatic N) is 2. The molecule has 2 rings (SSSR count). The first-order valence-corrected chi connectivity index (χ1v) is 5.90. The lowest BCUT2D eigenvalue weighted by Gasteiger charge is -2.25. The zero-order valence-electron chi connectivity index (χ0n) is 10.5. The number of anilines is 1. The van der Waals surface area contributed by atoms with Crippen LogP contribution in [0.5, 0.6) is 5.75 Å². The molecule has 1 aliphatic rings. The fraction of sp³-hybridized carbons (Fsp3) is 0.500. The van der Waals surface area contributed by atoms with Crippen molar-refractivity contribution < 1.29 is 9.66 Å². The number of nitro groups is 1. The number of para-hydroxylation sites is 1. The molecule has 1 aromatic rings. The van der Waals surface area contributed by atoms with Crippen LogP contribution < -0.4 is 15.0 Å². The van der Waals surface area contributed by atoms with Crippen molar-refractivity contribution in [3.63, 3.8) is 0 Å². The van der Waals surface area contributed by atoms with Crippen LogP contribution in [0.4, 0.5) is 11.4 Å². The van der Waals surface area contributed by atoms with Crippen molar-refractivity contribution >= 4 is 11.4 Å². The molecule has 1 atom stereocenters. The number of ether oxygens (including phenoxy) is 1. The first kappa shape index (κ1) is 12.6. The Morgan fingerprint density at radius 1 is 1.56 bits per heavy atom. The van der Waals surface area contributed by atoms with Gasteiger partial charge >= 0.3 is 5.69 Å². The summed E-state index contributed by atoms with van der Waals surface area (Å²) in [5.41, 5.74) is 0.641. The number of hydrogen-bond donors (Lipinski definition) is 1. The second-order valence-corrected chi connectivity index (χ2v) is 4.34. The summed E-state index contributed by atoms with van der Waals surface area (Å²) in [7, 11) is 3.34. The highest BCUT2D eigenvalue weighted by Crippen LogP contribution is 2.37. The lowest BCUT2D eigenvalue weighted by atomic mass is 10.1. The highest BCUT2D eigenvalue weighted by atomic mass is 16.6. The van der Waals surface area contributed by atoms with Crippen molar-refractivity contribution in [1.29, 1.82) is 0 Å². The summed E-state index contributed by atoms with van der Waals surface area (Å²) < 4.78 is 5.08. The molecular weight excluding hydrogens is 234 g/mol. The van der Waals surface area contributed by atoms with E-state index < -0.39 is 0 Å². The summed E-state index contributed by atoms with van der Waals surface area (Å²) >= 11 is 0. The average molecular weight is 251 g/mol. The van der Waals surface area contributed by atoms with Gasteiger partial charge in [-0.1, -0.05) is 6.07 Å². The van der Waals surface area contributed by atoms with Crippen molar-refractivity contribution in [3.05, 3.63) is 28.3 Å². The van der Waals surface area contributed by atoms with Crippen LogP contribution in [0, 0.1) is 10.1 Å². The van der Waals surface area contributed by atoms with Crippen molar-refractivity contribution in [2.75, 3.05) is 32.1 Å². The van der Waals surface area contributed by atoms with Crippen molar-refractivity contribution in [2.45, 2.75) is 12.5 Å². The molecule has 0 aromatic heterocycles. The van der Waals surface area contributed by atoms with Gasteiger partial charge in [0.25, 0.3) is 0 Å². The molecule has 0 spiro atoms. The van der Waals surface area contributed by atoms with Crippen molar-refractivity contribution in [3.8, 4) is 5.75 Å². The van der Waals surface area contributed by atoms with Crippen molar-refractivity contribution in [2.24, 2.45) is 0 Å². The van der Waals surface area contributed by atoms with E-state index in [4.69, 9.17) is 4.74 Å². The summed E-state index contributed by atoms with van der Waals surface area (Å²) in [6, 6.07) is 5.44. The molecule has 1 unspecified atom stereocenters. The maximum absolute atomic E-state index is 11.2. The summed E-state index contributed by atoms with van der Waals surface area (Å²) in [6.45, 7) is 1.80. The Morgan fingerprint density at radius 2 is 2.33 bits per heavy atom. The van der Waals surface area contributed by atoms with Gasteiger partial charge < -0.3 is 15.0 Å². The number of benzene rings is 1. The molecule has 0 aliphatic carbocycles. The molecule has 18 heavy (non-hydrogen) atoms. The normalized spacial score (nSPS) is 18.7. The number of likely N-dealkylation sites (N-methyl/N-ethyl adjacent to an activating group) is 1. The molecule has 1 N–H and O–H groups in total. The largest absolute Gasteiger partial charge is 0.490 e. The number of rotatable bonds is 4. The second-order valence-electron chi connectivity index (χ2n) is 4.34. The summed E-state index contributed by atoms with van der Waals surface area (Å²) in [5, 5.41) is 14.5. The predicted molar refractivity (Wildman–Crippen MR) is 69.3 cm³/mol. The molecule has 6 heteroatoms. The zero-order chi connectivity index (χ0) is 13.1. The lowest BCUT2D eigenvalue weighted by Crippen LogP contribution is -2.33. The smallest absolute Gasteiger partial charge is 0.333 e. The molecule has 1 saturated heterocycles. The minimum Gasteiger partial charge on any atom is -0.490 e. The van der Waals surface area contributed by atoms with E-state index in [9.17, 15) is 10.1 Å². The Labute approximate surface area is 106 Å². The van der Waals surface area contributed by atoms with Gasteiger partial charge in [-0.05, 0) is 25.1 Å². The molecular formula is C12H17N3O3. The zero-order valence-corrected chi connectivity index (χ0v) is 10.5. The Hall–Kier alpha value is -1.82. The summed E-state index contributed by atoms with van der Waals surface area (Å²) in [6.07, 6.45) is 0.991. The molecule has 98 valence electrons. The Morgan fingerprint density at radius 3 is 2.89 bits per heavy atom. The van der Waals surface area contributed by atoms with Gasteiger partial charge in [0.2, 0.25) is 0 Å². The first-order chi connectivity index (χ1) is 8.65. The van der Waals surface area contributed by atoms with Crippen LogP contribution in [0.1, 0.15) is 6.42 Å². The summed E-state index contributed by atoms with van der Waals surface area (Å²) in [5.74, 6) is 0.301. The number of nitro benzene ring substituents is 1. The van der Waals surface area contributed by atoms with Crippen LogP contribution >= 0.6 is 0 Å². The lowest BCUT2D eigenvalue weighted by molar-refractivity contribution is -0.385. The minimum absolute atomic E-state index is 0.0365. The van der Waals surface area contributed by atoms with E-state index in [0.29, 0.717) is 11.4 Å². The minimum atomic E-state index is -0.382. The van der Waals surface area contributed by atoms with E-state index in [1.807, 2.05) is 11.9 Å². The molecule has 0 amide bonds. The van der Waals surface area contributed by atoms with Gasteiger partial charge in [-0.3, -0.25) is 10.1 Å². The first-order valence-electron chi connectivity index (χ1n) is 5.90. The fourth-order valence-electron chi connectivity index (χ4n) is 2.31. The van der Waals surface area contributed by atoms with Gasteiger partial charge in [-0.2, -0.15) is 0 Å². The monoisotopic (exact) mass is 251 g/mol. The third-order valence-electron chi connectivity index (χ3n) is 3.34. The molecule has 0 bridgehead atoms. The van der Waals surface area contributed by atoms with Gasteiger partial charge in [0.05, 0.1) is 12.0 Å². The number of hydrogen-bond acceptors (Lipinski definition) is 5. The highest BCUT2D eigenvalue weighted by molar-refractivity contribution is 5.70. The van der Waals surface area contributed by atoms with Gasteiger partial charge in [0.1, 0.15) is 5.69 Å². The topological polar surface area (TPSA) is 67.6 Å². The highest BCUT2D eigenvalue weighted by Gasteiger charge is 2.28. The van der Waals surface area contributed by atoms with Crippen LogP contribution in [0.25, 0.3) is 0 Å². The van der Waals surface area contributed by atoms with E-state index in [-0.39, 0.29) is 16.7 Å². The third-order valence-corrected chi connectivity index (χ3v) is 3.34. The van der Waals surface area contributed by atoms with Crippen LogP contribution in [0.2, 0.25) is 0 Å². The van der Waals surface area contributed by atoms with E-state index in [2.05, 4.69) is 5.32 Å². The van der Waals surface area contributed by atoms with Crippen molar-refractivity contribution in [1.82, 2.24) is 5.32 Å². The van der Waals surface area contributed by atoms with Crippen LogP contribution in [-0.2, 0) is 0 Å². The van der Waals surface area contributed by atoms with Gasteiger partial charge in [-0.25, -0.2) is 0 Å². The van der Waals surface area contributed by atoms with Gasteiger partial charge in [-0.15, -0.1) is 0 Å². The van der Waals surface area contributed by atoms with E-state index in [1.54, 1.807) is 18.2 Å². The molecule has 1 heterocycles. The molecule has 1 aliphatic heterocycles.